The van der Waals surface area contributed by atoms with E-state index in [1.54, 1.807) is 0 Å². The van der Waals surface area contributed by atoms with Crippen LogP contribution < -0.4 is 19.6 Å². The van der Waals surface area contributed by atoms with Crippen LogP contribution >= 0.6 is 21.6 Å². The van der Waals surface area contributed by atoms with Crippen molar-refractivity contribution in [1.82, 2.24) is 19.3 Å². The second-order valence-corrected chi connectivity index (χ2v) is 9.13. The summed E-state index contributed by atoms with van der Waals surface area (Å²) in [5, 5.41) is 18.9. The Morgan fingerprint density at radius 1 is 0.812 bits per heavy atom. The normalized spacial score (nSPS) is 19.2. The summed E-state index contributed by atoms with van der Waals surface area (Å²) in [5.74, 6) is -6.01. The molecule has 2 aliphatic heterocycles. The molecule has 4 rings (SSSR count). The molecule has 0 aliphatic carbocycles. The standard InChI is InChI=1S/C10H14N6S2.2C2HF3O2/c1-9(2-14-6-11-5-13(1)14)17-18-10-3-15-7-12-8-16(15)4-10;2*3-2(4,5)1(6)7/h5-10H,1-4H2;2*(H,6,7)/q+2;;/p-2. The number of aromatic nitrogens is 6. The van der Waals surface area contributed by atoms with Crippen molar-refractivity contribution in [3.8, 4) is 0 Å². The quantitative estimate of drug-likeness (QED) is 0.268. The maximum absolute atomic E-state index is 10.5. The van der Waals surface area contributed by atoms with Gasteiger partial charge in [-0.25, -0.2) is 0 Å². The molecule has 0 amide bonds. The third-order valence-electron chi connectivity index (χ3n) is 3.81. The molecule has 0 saturated heterocycles. The zero-order valence-electron chi connectivity index (χ0n) is 15.7. The second-order valence-electron chi connectivity index (χ2n) is 6.26. The van der Waals surface area contributed by atoms with Crippen LogP contribution in [0, 0.1) is 0 Å². The van der Waals surface area contributed by atoms with Crippen LogP contribution in [0.2, 0.25) is 0 Å². The molecule has 4 heterocycles. The Balaban J connectivity index is 0.000000218. The van der Waals surface area contributed by atoms with Crippen molar-refractivity contribution in [2.45, 2.75) is 49.0 Å². The number of hydrogen-bond donors (Lipinski definition) is 0. The van der Waals surface area contributed by atoms with Crippen molar-refractivity contribution in [1.29, 1.82) is 0 Å². The maximum Gasteiger partial charge on any atom is 0.430 e. The van der Waals surface area contributed by atoms with E-state index in [0.717, 1.165) is 26.2 Å². The molecule has 0 spiro atoms. The van der Waals surface area contributed by atoms with Gasteiger partial charge in [-0.3, -0.25) is 0 Å². The van der Waals surface area contributed by atoms with Crippen molar-refractivity contribution in [2.75, 3.05) is 0 Å². The minimum absolute atomic E-state index is 0.668. The summed E-state index contributed by atoms with van der Waals surface area (Å²) in [6.45, 7) is 4.30. The van der Waals surface area contributed by atoms with Gasteiger partial charge in [-0.1, -0.05) is 21.6 Å². The first-order valence-corrected chi connectivity index (χ1v) is 10.7. The van der Waals surface area contributed by atoms with E-state index in [0.29, 0.717) is 10.5 Å². The number of carboxylic acid groups (broad SMARTS) is 2. The fourth-order valence-corrected chi connectivity index (χ4v) is 5.31. The fourth-order valence-electron chi connectivity index (χ4n) is 2.47. The first kappa shape index (κ1) is 25.8. The first-order chi connectivity index (χ1) is 14.8. The maximum atomic E-state index is 10.5. The van der Waals surface area contributed by atoms with Gasteiger partial charge in [0.15, 0.2) is 0 Å². The van der Waals surface area contributed by atoms with Crippen LogP contribution in [0.4, 0.5) is 26.3 Å². The molecule has 0 N–H and O–H groups in total. The molecule has 0 radical (unpaired) electrons. The van der Waals surface area contributed by atoms with Gasteiger partial charge in [0.1, 0.15) is 25.0 Å². The van der Waals surface area contributed by atoms with E-state index in [4.69, 9.17) is 19.8 Å². The Kier molecular flexibility index (Phi) is 8.38. The van der Waals surface area contributed by atoms with Gasteiger partial charge in [0.05, 0.1) is 23.6 Å². The number of hydrogen-bond acceptors (Lipinski definition) is 8. The lowest BCUT2D eigenvalue weighted by atomic mass is 10.4. The van der Waals surface area contributed by atoms with Gasteiger partial charge in [-0.2, -0.15) is 45.1 Å². The predicted molar refractivity (Wildman–Crippen MR) is 89.7 cm³/mol. The van der Waals surface area contributed by atoms with E-state index in [9.17, 15) is 26.3 Å². The molecule has 0 fully saturated rings. The van der Waals surface area contributed by atoms with Gasteiger partial charge >= 0.3 is 25.0 Å². The van der Waals surface area contributed by atoms with Crippen molar-refractivity contribution < 1.29 is 55.5 Å². The Labute approximate surface area is 183 Å². The summed E-state index contributed by atoms with van der Waals surface area (Å²) in [5.41, 5.74) is 0. The highest BCUT2D eigenvalue weighted by Gasteiger charge is 2.31. The van der Waals surface area contributed by atoms with Crippen molar-refractivity contribution >= 4 is 33.5 Å². The zero-order chi connectivity index (χ0) is 24.1. The molecule has 32 heavy (non-hydrogen) atoms. The summed E-state index contributed by atoms with van der Waals surface area (Å²) < 4.78 is 71.9. The number of carboxylic acids is 2. The van der Waals surface area contributed by atoms with E-state index in [2.05, 4.69) is 28.7 Å². The third kappa shape index (κ3) is 7.57. The molecule has 18 heteroatoms. The smallest absolute Gasteiger partial charge is 0.430 e. The summed E-state index contributed by atoms with van der Waals surface area (Å²) in [6, 6.07) is 0. The predicted octanol–water partition coefficient (Wildman–Crippen LogP) is -1.90. The number of carbonyl (C=O) groups excluding carboxylic acids is 2. The number of carbonyl (C=O) groups is 2. The van der Waals surface area contributed by atoms with Crippen molar-refractivity contribution in [3.05, 3.63) is 25.3 Å². The number of alkyl halides is 6. The van der Waals surface area contributed by atoms with Gasteiger partial charge in [-0.15, -0.1) is 0 Å². The van der Waals surface area contributed by atoms with Crippen LogP contribution in [-0.4, -0.2) is 54.1 Å². The van der Waals surface area contributed by atoms with Crippen molar-refractivity contribution in [3.63, 3.8) is 0 Å². The van der Waals surface area contributed by atoms with Crippen LogP contribution in [0.5, 0.6) is 0 Å². The molecule has 0 atom stereocenters. The van der Waals surface area contributed by atoms with Gasteiger partial charge in [-0.05, 0) is 9.97 Å². The van der Waals surface area contributed by atoms with E-state index in [1.807, 2.05) is 46.9 Å². The lowest BCUT2D eigenvalue weighted by molar-refractivity contribution is -0.758. The van der Waals surface area contributed by atoms with E-state index < -0.39 is 24.3 Å². The molecule has 2 aromatic rings. The molecule has 0 aromatic carbocycles. The van der Waals surface area contributed by atoms with Gasteiger partial charge < -0.3 is 19.8 Å². The lowest BCUT2D eigenvalue weighted by Crippen LogP contribution is -2.37. The second kappa shape index (κ2) is 10.4. The zero-order valence-corrected chi connectivity index (χ0v) is 17.3. The van der Waals surface area contributed by atoms with Crippen LogP contribution in [-0.2, 0) is 35.8 Å². The molecular weight excluding hydrogens is 494 g/mol. The van der Waals surface area contributed by atoms with Crippen molar-refractivity contribution in [2.24, 2.45) is 0 Å². The Hall–Kier alpha value is -2.50. The van der Waals surface area contributed by atoms with Gasteiger partial charge in [0, 0.05) is 0 Å². The van der Waals surface area contributed by atoms with Crippen LogP contribution in [0.15, 0.2) is 25.3 Å². The summed E-state index contributed by atoms with van der Waals surface area (Å²) >= 11 is 0. The monoisotopic (exact) mass is 508 g/mol. The molecule has 0 unspecified atom stereocenters. The number of aliphatic carboxylic acids is 2. The topological polar surface area (TPSA) is 124 Å². The van der Waals surface area contributed by atoms with E-state index >= 15 is 0 Å². The molecule has 178 valence electrons. The molecule has 0 bridgehead atoms. The van der Waals surface area contributed by atoms with E-state index in [-0.39, 0.29) is 0 Å². The molecule has 10 nitrogen and oxygen atoms in total. The average molecular weight is 508 g/mol. The number of fused-ring (bicyclic) bond motifs is 2. The third-order valence-corrected chi connectivity index (χ3v) is 7.03. The Bertz CT molecular complexity index is 818. The molecular formula is C14H14F6N6O4S2. The molecule has 2 aliphatic rings. The lowest BCUT2D eigenvalue weighted by Gasteiger charge is -2.07. The minimum atomic E-state index is -5.19. The highest BCUT2D eigenvalue weighted by Crippen LogP contribution is 2.35. The Morgan fingerprint density at radius 2 is 1.12 bits per heavy atom. The number of nitrogens with zero attached hydrogens (tertiary/aromatic N) is 6. The highest BCUT2D eigenvalue weighted by molar-refractivity contribution is 8.77. The molecule has 2 aromatic heterocycles. The number of rotatable bonds is 3. The van der Waals surface area contributed by atoms with E-state index in [1.165, 1.54) is 0 Å². The van der Waals surface area contributed by atoms with Crippen LogP contribution in [0.25, 0.3) is 0 Å². The number of halogens is 6. The van der Waals surface area contributed by atoms with Crippen LogP contribution in [0.1, 0.15) is 0 Å². The summed E-state index contributed by atoms with van der Waals surface area (Å²) in [4.78, 5) is 25.8. The summed E-state index contributed by atoms with van der Waals surface area (Å²) in [6.07, 6.45) is -2.75. The Morgan fingerprint density at radius 3 is 1.38 bits per heavy atom. The van der Waals surface area contributed by atoms with Crippen LogP contribution in [0.3, 0.4) is 0 Å². The van der Waals surface area contributed by atoms with Gasteiger partial charge in [0.2, 0.25) is 12.7 Å². The SMILES string of the molecule is O=C([O-])C(F)(F)F.O=C([O-])C(F)(F)F.c1nc[n+]2n1CC(SSC1Cn3cnc[n+]3C1)C2. The minimum Gasteiger partial charge on any atom is -0.542 e. The first-order valence-electron chi connectivity index (χ1n) is 8.45. The average Bonchev–Trinajstić information content (AvgIpc) is 3.39. The largest absolute Gasteiger partial charge is 0.542 e. The molecule has 0 saturated carbocycles. The van der Waals surface area contributed by atoms with Gasteiger partial charge in [0.25, 0.3) is 0 Å². The summed E-state index contributed by atoms with van der Waals surface area (Å²) in [7, 11) is 4.03. The highest BCUT2D eigenvalue weighted by atomic mass is 33.1. The fraction of sp³-hybridized carbons (Fsp3) is 0.571.